The number of anilines is 1. The number of nitrogens with one attached hydrogen (secondary N) is 1. The number of carbonyl (C=O) groups is 1. The minimum atomic E-state index is -0.225. The van der Waals surface area contributed by atoms with E-state index in [9.17, 15) is 4.79 Å². The number of nitrogens with zero attached hydrogens (tertiary/aromatic N) is 2. The van der Waals surface area contributed by atoms with Gasteiger partial charge in [-0.25, -0.2) is 9.97 Å². The van der Waals surface area contributed by atoms with Gasteiger partial charge in [-0.3, -0.25) is 10.1 Å². The van der Waals surface area contributed by atoms with Crippen molar-refractivity contribution in [2.45, 2.75) is 6.42 Å². The number of alkyl halides is 1. The van der Waals surface area contributed by atoms with Crippen LogP contribution in [0, 0.1) is 0 Å². The van der Waals surface area contributed by atoms with E-state index in [1.54, 1.807) is 0 Å². The van der Waals surface area contributed by atoms with Crippen molar-refractivity contribution in [1.29, 1.82) is 0 Å². The number of amides is 1. The molecule has 0 aliphatic rings. The smallest absolute Gasteiger partial charge is 0.230 e. The van der Waals surface area contributed by atoms with Crippen molar-refractivity contribution in [2.75, 3.05) is 11.2 Å². The van der Waals surface area contributed by atoms with Crippen molar-refractivity contribution in [2.24, 2.45) is 0 Å². The van der Waals surface area contributed by atoms with Crippen LogP contribution in [0.1, 0.15) is 6.42 Å². The Morgan fingerprint density at radius 2 is 2.38 bits per heavy atom. The van der Waals surface area contributed by atoms with Crippen molar-refractivity contribution in [3.63, 3.8) is 0 Å². The second-order valence-electron chi connectivity index (χ2n) is 2.19. The zero-order chi connectivity index (χ0) is 9.68. The van der Waals surface area contributed by atoms with Gasteiger partial charge in [-0.1, -0.05) is 11.6 Å². The van der Waals surface area contributed by atoms with Crippen molar-refractivity contribution in [3.05, 3.63) is 17.4 Å². The second-order valence-corrected chi connectivity index (χ2v) is 2.96. The second kappa shape index (κ2) is 4.99. The zero-order valence-corrected chi connectivity index (χ0v) is 8.14. The highest BCUT2D eigenvalue weighted by atomic mass is 35.5. The Hall–Kier alpha value is -0.870. The number of hydrogen-bond acceptors (Lipinski definition) is 3. The Morgan fingerprint density at radius 3 is 3.00 bits per heavy atom. The first-order chi connectivity index (χ1) is 6.22. The molecule has 6 heteroatoms. The molecule has 0 spiro atoms. The molecule has 0 saturated heterocycles. The molecule has 0 saturated carbocycles. The Kier molecular flexibility index (Phi) is 3.92. The van der Waals surface area contributed by atoms with Crippen molar-refractivity contribution in [1.82, 2.24) is 9.97 Å². The Balaban J connectivity index is 2.58. The summed E-state index contributed by atoms with van der Waals surface area (Å²) in [4.78, 5) is 18.6. The number of carbonyl (C=O) groups excluding carboxylic acids is 1. The summed E-state index contributed by atoms with van der Waals surface area (Å²) in [6, 6.07) is 1.53. The molecule has 0 unspecified atom stereocenters. The number of hydrogen-bond donors (Lipinski definition) is 1. The molecule has 1 rings (SSSR count). The Bertz CT molecular complexity index is 306. The minimum absolute atomic E-state index is 0.197. The third kappa shape index (κ3) is 3.57. The van der Waals surface area contributed by atoms with Crippen LogP contribution in [-0.4, -0.2) is 21.8 Å². The van der Waals surface area contributed by atoms with Crippen LogP contribution in [0.25, 0.3) is 0 Å². The average Bonchev–Trinajstić information content (AvgIpc) is 2.04. The number of rotatable bonds is 3. The molecule has 0 radical (unpaired) electrons. The molecule has 0 bridgehead atoms. The van der Waals surface area contributed by atoms with Gasteiger partial charge < -0.3 is 0 Å². The minimum Gasteiger partial charge on any atom is -0.294 e. The molecule has 1 aromatic rings. The van der Waals surface area contributed by atoms with E-state index in [1.807, 2.05) is 0 Å². The van der Waals surface area contributed by atoms with Crippen LogP contribution in [0.15, 0.2) is 12.3 Å². The van der Waals surface area contributed by atoms with Gasteiger partial charge in [0.1, 0.15) is 5.15 Å². The standard InChI is InChI=1S/C7H7Cl2N3O/c8-3-1-6(13)12-7-10-4-2-5(9)11-7/h2,4H,1,3H2,(H,10,11,12,13). The molecule has 0 fully saturated rings. The lowest BCUT2D eigenvalue weighted by atomic mass is 10.4. The highest BCUT2D eigenvalue weighted by molar-refractivity contribution is 6.29. The molecule has 0 atom stereocenters. The molecule has 70 valence electrons. The van der Waals surface area contributed by atoms with Gasteiger partial charge in [0, 0.05) is 18.5 Å². The van der Waals surface area contributed by atoms with Crippen LogP contribution in [0.4, 0.5) is 5.95 Å². The predicted molar refractivity (Wildman–Crippen MR) is 51.0 cm³/mol. The lowest BCUT2D eigenvalue weighted by Gasteiger charge is -2.00. The van der Waals surface area contributed by atoms with E-state index in [4.69, 9.17) is 23.2 Å². The van der Waals surface area contributed by atoms with Crippen molar-refractivity contribution in [3.8, 4) is 0 Å². The van der Waals surface area contributed by atoms with Gasteiger partial charge in [-0.05, 0) is 6.07 Å². The summed E-state index contributed by atoms with van der Waals surface area (Å²) in [5.74, 6) is 0.242. The lowest BCUT2D eigenvalue weighted by Crippen LogP contribution is -2.13. The highest BCUT2D eigenvalue weighted by Crippen LogP contribution is 2.05. The quantitative estimate of drug-likeness (QED) is 0.622. The van der Waals surface area contributed by atoms with Gasteiger partial charge in [0.05, 0.1) is 0 Å². The molecule has 1 heterocycles. The largest absolute Gasteiger partial charge is 0.294 e. The van der Waals surface area contributed by atoms with Crippen molar-refractivity contribution < 1.29 is 4.79 Å². The van der Waals surface area contributed by atoms with Crippen LogP contribution in [0.2, 0.25) is 5.15 Å². The van der Waals surface area contributed by atoms with Crippen LogP contribution < -0.4 is 5.32 Å². The Labute approximate surface area is 85.3 Å². The van der Waals surface area contributed by atoms with Crippen LogP contribution >= 0.6 is 23.2 Å². The van der Waals surface area contributed by atoms with E-state index >= 15 is 0 Å². The van der Waals surface area contributed by atoms with Gasteiger partial charge in [0.25, 0.3) is 0 Å². The fourth-order valence-corrected chi connectivity index (χ4v) is 0.978. The van der Waals surface area contributed by atoms with Crippen molar-refractivity contribution >= 4 is 35.1 Å². The normalized spacial score (nSPS) is 9.69. The molecule has 1 aromatic heterocycles. The number of aromatic nitrogens is 2. The van der Waals surface area contributed by atoms with Crippen LogP contribution in [-0.2, 0) is 4.79 Å². The fraction of sp³-hybridized carbons (Fsp3) is 0.286. The summed E-state index contributed by atoms with van der Waals surface area (Å²) in [7, 11) is 0. The molecule has 0 aromatic carbocycles. The molecular formula is C7H7Cl2N3O. The summed E-state index contributed by atoms with van der Waals surface area (Å²) < 4.78 is 0. The summed E-state index contributed by atoms with van der Waals surface area (Å²) in [5, 5.41) is 2.74. The van der Waals surface area contributed by atoms with E-state index in [1.165, 1.54) is 12.3 Å². The first kappa shape index (κ1) is 10.2. The van der Waals surface area contributed by atoms with E-state index in [0.29, 0.717) is 0 Å². The Morgan fingerprint density at radius 1 is 1.62 bits per heavy atom. The molecular weight excluding hydrogens is 213 g/mol. The first-order valence-electron chi connectivity index (χ1n) is 3.56. The molecule has 1 N–H and O–H groups in total. The third-order valence-corrected chi connectivity index (χ3v) is 1.59. The molecule has 13 heavy (non-hydrogen) atoms. The van der Waals surface area contributed by atoms with Gasteiger partial charge >= 0.3 is 0 Å². The summed E-state index contributed by atoms with van der Waals surface area (Å²) in [6.07, 6.45) is 1.70. The predicted octanol–water partition coefficient (Wildman–Crippen LogP) is 1.70. The monoisotopic (exact) mass is 219 g/mol. The van der Waals surface area contributed by atoms with Gasteiger partial charge in [0.15, 0.2) is 0 Å². The topological polar surface area (TPSA) is 54.9 Å². The number of halogens is 2. The third-order valence-electron chi connectivity index (χ3n) is 1.19. The molecule has 0 aliphatic heterocycles. The summed E-state index contributed by atoms with van der Waals surface area (Å²) >= 11 is 10.9. The first-order valence-corrected chi connectivity index (χ1v) is 4.48. The SMILES string of the molecule is O=C(CCCl)Nc1nccc(Cl)n1. The molecule has 1 amide bonds. The maximum absolute atomic E-state index is 11.0. The van der Waals surface area contributed by atoms with E-state index in [2.05, 4.69) is 15.3 Å². The lowest BCUT2D eigenvalue weighted by molar-refractivity contribution is -0.115. The van der Waals surface area contributed by atoms with Gasteiger partial charge in [-0.2, -0.15) is 0 Å². The van der Waals surface area contributed by atoms with E-state index in [0.717, 1.165) is 0 Å². The molecule has 4 nitrogen and oxygen atoms in total. The average molecular weight is 220 g/mol. The summed E-state index contributed by atoms with van der Waals surface area (Å²) in [6.45, 7) is 0. The maximum Gasteiger partial charge on any atom is 0.230 e. The maximum atomic E-state index is 11.0. The van der Waals surface area contributed by atoms with Gasteiger partial charge in [0.2, 0.25) is 11.9 Å². The van der Waals surface area contributed by atoms with Crippen LogP contribution in [0.3, 0.4) is 0 Å². The summed E-state index contributed by atoms with van der Waals surface area (Å²) in [5.41, 5.74) is 0. The molecule has 0 aliphatic carbocycles. The van der Waals surface area contributed by atoms with E-state index < -0.39 is 0 Å². The van der Waals surface area contributed by atoms with Crippen LogP contribution in [0.5, 0.6) is 0 Å². The van der Waals surface area contributed by atoms with Gasteiger partial charge in [-0.15, -0.1) is 11.6 Å². The zero-order valence-electron chi connectivity index (χ0n) is 6.63. The van der Waals surface area contributed by atoms with E-state index in [-0.39, 0.29) is 29.3 Å². The highest BCUT2D eigenvalue weighted by Gasteiger charge is 2.03. The fourth-order valence-electron chi connectivity index (χ4n) is 0.670.